The lowest BCUT2D eigenvalue weighted by atomic mass is 9.81. The van der Waals surface area contributed by atoms with Crippen molar-refractivity contribution < 1.29 is 38.1 Å². The van der Waals surface area contributed by atoms with Gasteiger partial charge in [-0.25, -0.2) is 0 Å². The summed E-state index contributed by atoms with van der Waals surface area (Å²) < 4.78 is 30.7. The fourth-order valence-corrected chi connectivity index (χ4v) is 9.41. The number of aliphatic imine (C=N–C) groups is 2. The third-order valence-electron chi connectivity index (χ3n) is 12.9. The van der Waals surface area contributed by atoms with E-state index in [1.54, 1.807) is 38.5 Å². The van der Waals surface area contributed by atoms with E-state index in [0.717, 1.165) is 46.5 Å². The Morgan fingerprint density at radius 3 is 1.67 bits per heavy atom. The number of para-hydroxylation sites is 2. The SMILES string of the molecule is COc1cc2c(cc1OCc1cc(COc3cc4c(cc3OC)C(=O)N3c5ccccc5C[C@H]3C=N4)cc(OCCCCC(=O)CC3CCC3)c1)N=C[C@@H]1Cc3ccccc3N1C2=O. The predicted octanol–water partition coefficient (Wildman–Crippen LogP) is 9.74. The zero-order valence-electron chi connectivity index (χ0n) is 36.1. The zero-order valence-corrected chi connectivity index (χ0v) is 36.1. The van der Waals surface area contributed by atoms with Crippen LogP contribution < -0.4 is 33.5 Å². The van der Waals surface area contributed by atoms with Gasteiger partial charge in [0.2, 0.25) is 0 Å². The van der Waals surface area contributed by atoms with Crippen molar-refractivity contribution in [3.63, 3.8) is 0 Å². The van der Waals surface area contributed by atoms with Crippen LogP contribution >= 0.6 is 0 Å². The molecule has 5 aromatic carbocycles. The normalized spacial score (nSPS) is 17.8. The van der Waals surface area contributed by atoms with E-state index in [-0.39, 0.29) is 37.1 Å². The topological polar surface area (TPSA) is 129 Å². The van der Waals surface area contributed by atoms with Crippen molar-refractivity contribution in [1.82, 2.24) is 0 Å². The van der Waals surface area contributed by atoms with Crippen molar-refractivity contribution in [2.45, 2.75) is 83.1 Å². The first kappa shape index (κ1) is 41.1. The molecule has 0 bridgehead atoms. The molecule has 326 valence electrons. The summed E-state index contributed by atoms with van der Waals surface area (Å²) in [5, 5.41) is 0. The van der Waals surface area contributed by atoms with Crippen molar-refractivity contribution in [3.05, 3.63) is 124 Å². The first-order valence-electron chi connectivity index (χ1n) is 22.2. The number of ketones is 1. The second-order valence-electron chi connectivity index (χ2n) is 17.2. The molecule has 0 aromatic heterocycles. The summed E-state index contributed by atoms with van der Waals surface area (Å²) in [6.45, 7) is 0.741. The minimum atomic E-state index is -0.180. The second-order valence-corrected chi connectivity index (χ2v) is 17.2. The molecule has 10 rings (SSSR count). The van der Waals surface area contributed by atoms with Gasteiger partial charge in [-0.05, 0) is 83.5 Å². The number of ether oxygens (including phenoxy) is 5. The lowest BCUT2D eigenvalue weighted by Crippen LogP contribution is -2.37. The molecule has 5 aliphatic rings. The van der Waals surface area contributed by atoms with Gasteiger partial charge in [0.05, 0.1) is 55.4 Å². The first-order valence-corrected chi connectivity index (χ1v) is 22.2. The lowest BCUT2D eigenvalue weighted by molar-refractivity contribution is -0.120. The summed E-state index contributed by atoms with van der Waals surface area (Å²) in [5.41, 5.74) is 7.54. The van der Waals surface area contributed by atoms with Crippen molar-refractivity contribution >= 4 is 52.8 Å². The van der Waals surface area contributed by atoms with E-state index in [1.807, 2.05) is 89.0 Å². The number of benzene rings is 5. The number of hydrogen-bond donors (Lipinski definition) is 0. The number of carbonyl (C=O) groups is 3. The Balaban J connectivity index is 0.875. The van der Waals surface area contributed by atoms with Crippen molar-refractivity contribution in [2.24, 2.45) is 15.9 Å². The van der Waals surface area contributed by atoms with E-state index < -0.39 is 0 Å². The van der Waals surface area contributed by atoms with Crippen LogP contribution in [0.25, 0.3) is 0 Å². The minimum Gasteiger partial charge on any atom is -0.494 e. The van der Waals surface area contributed by atoms with Gasteiger partial charge >= 0.3 is 0 Å². The van der Waals surface area contributed by atoms with E-state index in [4.69, 9.17) is 33.7 Å². The highest BCUT2D eigenvalue weighted by Gasteiger charge is 2.38. The molecule has 12 nitrogen and oxygen atoms in total. The maximum absolute atomic E-state index is 14.0. The van der Waals surface area contributed by atoms with Gasteiger partial charge in [-0.3, -0.25) is 34.2 Å². The standard InChI is InChI=1S/C52H50N4O8/c1-60-47-24-41-43(53-28-37-22-35-12-3-5-15-45(35)55(37)51(41)58)26-49(47)63-30-33-18-34(21-40(20-33)62-17-8-7-14-39(57)19-32-10-9-11-32)31-64-50-27-44-42(25-48(50)61-2)52(59)56-38(29-54-44)23-36-13-4-6-16-46(36)56/h3-6,12-13,15-16,18,20-21,24-29,32,37-38H,7-11,14,17,19,22-23,30-31H2,1-2H3/t37-,38-/m0/s1. The number of fused-ring (bicyclic) bond motifs is 8. The van der Waals surface area contributed by atoms with E-state index in [2.05, 4.69) is 0 Å². The van der Waals surface area contributed by atoms with Gasteiger partial charge in [-0.1, -0.05) is 55.7 Å². The summed E-state index contributed by atoms with van der Waals surface area (Å²) in [7, 11) is 3.11. The van der Waals surface area contributed by atoms with Crippen LogP contribution in [-0.2, 0) is 30.8 Å². The zero-order chi connectivity index (χ0) is 43.7. The Morgan fingerprint density at radius 2 is 1.17 bits per heavy atom. The van der Waals surface area contributed by atoms with Gasteiger partial charge in [-0.15, -0.1) is 0 Å². The van der Waals surface area contributed by atoms with E-state index >= 15 is 0 Å². The number of Topliss-reactive ketones (excluding diaryl/α,β-unsaturated/α-hetero) is 1. The van der Waals surface area contributed by atoms with Crippen LogP contribution in [0.2, 0.25) is 0 Å². The molecule has 4 aliphatic heterocycles. The summed E-state index contributed by atoms with van der Waals surface area (Å²) in [5.74, 6) is 2.98. The van der Waals surface area contributed by atoms with Crippen molar-refractivity contribution in [2.75, 3.05) is 30.6 Å². The van der Waals surface area contributed by atoms with Crippen LogP contribution in [0.1, 0.15) is 87.9 Å². The number of carbonyl (C=O) groups excluding carboxylic acids is 3. The molecule has 1 fully saturated rings. The molecule has 2 amide bonds. The van der Waals surface area contributed by atoms with E-state index in [1.165, 1.54) is 19.3 Å². The molecule has 0 spiro atoms. The van der Waals surface area contributed by atoms with Gasteiger partial charge in [0.1, 0.15) is 24.7 Å². The molecule has 12 heteroatoms. The molecule has 4 heterocycles. The highest BCUT2D eigenvalue weighted by Crippen LogP contribution is 2.43. The average Bonchev–Trinajstić information content (AvgIpc) is 3.79. The largest absolute Gasteiger partial charge is 0.494 e. The first-order chi connectivity index (χ1) is 31.3. The number of nitrogens with zero attached hydrogens (tertiary/aromatic N) is 4. The monoisotopic (exact) mass is 858 g/mol. The molecule has 0 radical (unpaired) electrons. The lowest BCUT2D eigenvalue weighted by Gasteiger charge is -2.24. The summed E-state index contributed by atoms with van der Waals surface area (Å²) in [4.78, 5) is 53.6. The molecule has 0 saturated heterocycles. The number of rotatable bonds is 16. The van der Waals surface area contributed by atoms with Crippen molar-refractivity contribution in [3.8, 4) is 28.7 Å². The minimum absolute atomic E-state index is 0.139. The van der Waals surface area contributed by atoms with E-state index in [9.17, 15) is 14.4 Å². The van der Waals surface area contributed by atoms with E-state index in [0.29, 0.717) is 95.2 Å². The molecule has 5 aromatic rings. The number of methoxy groups -OCH3 is 2. The Labute approximate surface area is 372 Å². The Bertz CT molecular complexity index is 2550. The molecule has 0 unspecified atom stereocenters. The summed E-state index contributed by atoms with van der Waals surface area (Å²) >= 11 is 0. The van der Waals surface area contributed by atoms with Gasteiger partial charge in [0.15, 0.2) is 23.0 Å². The Morgan fingerprint density at radius 1 is 0.641 bits per heavy atom. The molecule has 64 heavy (non-hydrogen) atoms. The molecule has 1 saturated carbocycles. The number of unbranched alkanes of at least 4 members (excludes halogenated alkanes) is 1. The van der Waals surface area contributed by atoms with Crippen LogP contribution in [0.15, 0.2) is 101 Å². The van der Waals surface area contributed by atoms with Crippen LogP contribution in [0.4, 0.5) is 22.7 Å². The van der Waals surface area contributed by atoms with Gasteiger partial charge in [-0.2, -0.15) is 0 Å². The molecular weight excluding hydrogens is 809 g/mol. The highest BCUT2D eigenvalue weighted by molar-refractivity contribution is 6.15. The van der Waals surface area contributed by atoms with Gasteiger partial charge in [0, 0.05) is 61.6 Å². The maximum atomic E-state index is 14.0. The highest BCUT2D eigenvalue weighted by atomic mass is 16.5. The maximum Gasteiger partial charge on any atom is 0.261 e. The van der Waals surface area contributed by atoms with Gasteiger partial charge < -0.3 is 23.7 Å². The van der Waals surface area contributed by atoms with Crippen LogP contribution in [0.3, 0.4) is 0 Å². The quantitative estimate of drug-likeness (QED) is 0.0898. The molecule has 2 atom stereocenters. The predicted molar refractivity (Wildman–Crippen MR) is 245 cm³/mol. The third kappa shape index (κ3) is 8.08. The number of anilines is 2. The Hall–Kier alpha value is -6.95. The third-order valence-corrected chi connectivity index (χ3v) is 12.9. The molecule has 0 N–H and O–H groups in total. The fourth-order valence-electron chi connectivity index (χ4n) is 9.41. The molecule has 1 aliphatic carbocycles. The number of amides is 2. The smallest absolute Gasteiger partial charge is 0.261 e. The number of hydrogen-bond acceptors (Lipinski definition) is 10. The fraction of sp³-hybridized carbons (Fsp3) is 0.327. The van der Waals surface area contributed by atoms with Crippen LogP contribution in [0.5, 0.6) is 28.7 Å². The van der Waals surface area contributed by atoms with Gasteiger partial charge in [0.25, 0.3) is 11.8 Å². The molecular formula is C52H50N4O8. The van der Waals surface area contributed by atoms with Crippen LogP contribution in [0, 0.1) is 5.92 Å². The van der Waals surface area contributed by atoms with Crippen molar-refractivity contribution in [1.29, 1.82) is 0 Å². The van der Waals surface area contributed by atoms with Crippen LogP contribution in [-0.4, -0.2) is 62.9 Å². The summed E-state index contributed by atoms with van der Waals surface area (Å²) in [6.07, 6.45) is 11.4. The Kier molecular flexibility index (Phi) is 11.3. The average molecular weight is 859 g/mol. The second kappa shape index (κ2) is 17.7. The summed E-state index contributed by atoms with van der Waals surface area (Å²) in [6, 6.07) is 28.3.